The van der Waals surface area contributed by atoms with E-state index in [1.54, 1.807) is 0 Å². The Kier molecular flexibility index (Phi) is 2.49. The van der Waals surface area contributed by atoms with Gasteiger partial charge < -0.3 is 15.1 Å². The average molecular weight is 205 g/mol. The van der Waals surface area contributed by atoms with Crippen LogP contribution < -0.4 is 4.84 Å². The predicted octanol–water partition coefficient (Wildman–Crippen LogP) is 1.53. The van der Waals surface area contributed by atoms with Crippen LogP contribution in [0.4, 0.5) is 0 Å². The molecule has 0 aliphatic carbocycles. The number of rotatable bonds is 3. The Bertz CT molecular complexity index is 417. The first kappa shape index (κ1) is 9.45. The quantitative estimate of drug-likeness (QED) is 0.798. The molecule has 4 nitrogen and oxygen atoms in total. The topological polar surface area (TPSA) is 54.6 Å². The Hall–Kier alpha value is -2.10. The normalized spacial score (nSPS) is 10.1. The van der Waals surface area contributed by atoms with Gasteiger partial charge in [0.2, 0.25) is 11.8 Å². The van der Waals surface area contributed by atoms with Crippen molar-refractivity contribution in [3.05, 3.63) is 48.0 Å². The minimum absolute atomic E-state index is 0.122. The van der Waals surface area contributed by atoms with Crippen molar-refractivity contribution in [2.75, 3.05) is 0 Å². The van der Waals surface area contributed by atoms with E-state index >= 15 is 0 Å². The van der Waals surface area contributed by atoms with Crippen LogP contribution in [0.5, 0.6) is 11.8 Å². The van der Waals surface area contributed by atoms with E-state index in [0.717, 1.165) is 10.3 Å². The fraction of sp³-hybridized carbons (Fsp3) is 0.0909. The van der Waals surface area contributed by atoms with Crippen LogP contribution >= 0.6 is 0 Å². The first-order valence-electron chi connectivity index (χ1n) is 4.54. The van der Waals surface area contributed by atoms with Crippen LogP contribution in [-0.2, 0) is 6.61 Å². The molecule has 0 bridgehead atoms. The van der Waals surface area contributed by atoms with Crippen LogP contribution in [0.1, 0.15) is 5.56 Å². The molecule has 78 valence electrons. The Morgan fingerprint density at radius 2 is 1.53 bits per heavy atom. The number of hydrogen-bond acceptors (Lipinski definition) is 3. The molecule has 0 fully saturated rings. The zero-order valence-electron chi connectivity index (χ0n) is 8.00. The van der Waals surface area contributed by atoms with Crippen LogP contribution in [-0.4, -0.2) is 14.9 Å². The molecular formula is C11H11NO3. The van der Waals surface area contributed by atoms with Gasteiger partial charge in [0, 0.05) is 12.1 Å². The van der Waals surface area contributed by atoms with Gasteiger partial charge in [0.15, 0.2) is 0 Å². The lowest BCUT2D eigenvalue weighted by Crippen LogP contribution is -2.09. The fourth-order valence-corrected chi connectivity index (χ4v) is 1.25. The van der Waals surface area contributed by atoms with E-state index in [1.165, 1.54) is 12.1 Å². The molecule has 0 amide bonds. The molecule has 4 heteroatoms. The van der Waals surface area contributed by atoms with E-state index in [0.29, 0.717) is 0 Å². The molecule has 15 heavy (non-hydrogen) atoms. The third-order valence-corrected chi connectivity index (χ3v) is 2.00. The van der Waals surface area contributed by atoms with E-state index in [4.69, 9.17) is 4.84 Å². The summed E-state index contributed by atoms with van der Waals surface area (Å²) in [6, 6.07) is 12.2. The monoisotopic (exact) mass is 205 g/mol. The molecule has 1 heterocycles. The number of nitrogens with zero attached hydrogens (tertiary/aromatic N) is 1. The van der Waals surface area contributed by atoms with Gasteiger partial charge in [-0.3, -0.25) is 0 Å². The number of hydrogen-bond donors (Lipinski definition) is 2. The van der Waals surface area contributed by atoms with Crippen molar-refractivity contribution in [2.45, 2.75) is 6.61 Å². The average Bonchev–Trinajstić information content (AvgIpc) is 2.58. The zero-order chi connectivity index (χ0) is 10.7. The molecule has 2 rings (SSSR count). The molecule has 0 saturated heterocycles. The first-order valence-corrected chi connectivity index (χ1v) is 4.54. The lowest BCUT2D eigenvalue weighted by atomic mass is 10.2. The Morgan fingerprint density at radius 1 is 0.933 bits per heavy atom. The van der Waals surface area contributed by atoms with Gasteiger partial charge in [0.1, 0.15) is 6.61 Å². The highest BCUT2D eigenvalue weighted by molar-refractivity contribution is 5.22. The standard InChI is InChI=1S/C11H11NO3/c13-10-6-7-11(14)12(10)15-8-9-4-2-1-3-5-9/h1-7,13-14H,8H2. The van der Waals surface area contributed by atoms with Gasteiger partial charge in [-0.2, -0.15) is 0 Å². The van der Waals surface area contributed by atoms with E-state index in [1.807, 2.05) is 30.3 Å². The van der Waals surface area contributed by atoms with Gasteiger partial charge in [-0.25, -0.2) is 0 Å². The van der Waals surface area contributed by atoms with Crippen LogP contribution in [0, 0.1) is 0 Å². The molecular weight excluding hydrogens is 194 g/mol. The van der Waals surface area contributed by atoms with Crippen molar-refractivity contribution in [2.24, 2.45) is 0 Å². The fourth-order valence-electron chi connectivity index (χ4n) is 1.25. The Morgan fingerprint density at radius 3 is 2.13 bits per heavy atom. The van der Waals surface area contributed by atoms with Crippen LogP contribution in [0.15, 0.2) is 42.5 Å². The number of benzene rings is 1. The van der Waals surface area contributed by atoms with Gasteiger partial charge in [-0.05, 0) is 5.56 Å². The molecule has 2 N–H and O–H groups in total. The molecule has 0 radical (unpaired) electrons. The summed E-state index contributed by atoms with van der Waals surface area (Å²) in [4.78, 5) is 5.21. The molecule has 0 aliphatic rings. The lowest BCUT2D eigenvalue weighted by molar-refractivity contribution is 0.0643. The third-order valence-electron chi connectivity index (χ3n) is 2.00. The highest BCUT2D eigenvalue weighted by Gasteiger charge is 2.06. The highest BCUT2D eigenvalue weighted by Crippen LogP contribution is 2.19. The summed E-state index contributed by atoms with van der Waals surface area (Å²) in [5, 5.41) is 18.6. The van der Waals surface area contributed by atoms with Crippen LogP contribution in [0.25, 0.3) is 0 Å². The van der Waals surface area contributed by atoms with Gasteiger partial charge in [-0.1, -0.05) is 30.3 Å². The minimum Gasteiger partial charge on any atom is -0.492 e. The summed E-state index contributed by atoms with van der Waals surface area (Å²) in [6.45, 7) is 0.288. The third kappa shape index (κ3) is 2.04. The molecule has 0 spiro atoms. The first-order chi connectivity index (χ1) is 7.27. The smallest absolute Gasteiger partial charge is 0.229 e. The van der Waals surface area contributed by atoms with Gasteiger partial charge >= 0.3 is 0 Å². The van der Waals surface area contributed by atoms with Crippen molar-refractivity contribution < 1.29 is 15.1 Å². The second-order valence-electron chi connectivity index (χ2n) is 3.10. The van der Waals surface area contributed by atoms with Gasteiger partial charge in [0.25, 0.3) is 0 Å². The van der Waals surface area contributed by atoms with E-state index in [9.17, 15) is 10.2 Å². The molecule has 0 saturated carbocycles. The molecule has 1 aromatic heterocycles. The van der Waals surface area contributed by atoms with Crippen LogP contribution in [0.2, 0.25) is 0 Å². The summed E-state index contributed by atoms with van der Waals surface area (Å²) < 4.78 is 0.979. The SMILES string of the molecule is Oc1ccc(O)n1OCc1ccccc1. The maximum atomic E-state index is 9.29. The van der Waals surface area contributed by atoms with Crippen molar-refractivity contribution in [1.82, 2.24) is 4.73 Å². The second-order valence-corrected chi connectivity index (χ2v) is 3.10. The van der Waals surface area contributed by atoms with Gasteiger partial charge in [-0.15, -0.1) is 4.73 Å². The second kappa shape index (κ2) is 3.96. The summed E-state index contributed by atoms with van der Waals surface area (Å²) in [5.41, 5.74) is 0.963. The Labute approximate surface area is 86.9 Å². The summed E-state index contributed by atoms with van der Waals surface area (Å²) in [5.74, 6) is -0.244. The molecule has 2 aromatic rings. The summed E-state index contributed by atoms with van der Waals surface area (Å²) >= 11 is 0. The maximum Gasteiger partial charge on any atom is 0.229 e. The van der Waals surface area contributed by atoms with Crippen molar-refractivity contribution in [3.8, 4) is 11.8 Å². The largest absolute Gasteiger partial charge is 0.492 e. The number of aromatic hydroxyl groups is 2. The predicted molar refractivity (Wildman–Crippen MR) is 54.5 cm³/mol. The zero-order valence-corrected chi connectivity index (χ0v) is 8.00. The number of aromatic nitrogens is 1. The summed E-state index contributed by atoms with van der Waals surface area (Å²) in [6.07, 6.45) is 0. The van der Waals surface area contributed by atoms with E-state index in [-0.39, 0.29) is 18.4 Å². The minimum atomic E-state index is -0.122. The van der Waals surface area contributed by atoms with Crippen molar-refractivity contribution in [3.63, 3.8) is 0 Å². The molecule has 0 atom stereocenters. The molecule has 0 unspecified atom stereocenters. The molecule has 1 aromatic carbocycles. The summed E-state index contributed by atoms with van der Waals surface area (Å²) in [7, 11) is 0. The van der Waals surface area contributed by atoms with Crippen LogP contribution in [0.3, 0.4) is 0 Å². The van der Waals surface area contributed by atoms with Crippen molar-refractivity contribution in [1.29, 1.82) is 0 Å². The van der Waals surface area contributed by atoms with Crippen molar-refractivity contribution >= 4 is 0 Å². The Balaban J connectivity index is 2.05. The lowest BCUT2D eigenvalue weighted by Gasteiger charge is -2.08. The molecule has 0 aliphatic heterocycles. The maximum absolute atomic E-state index is 9.29. The highest BCUT2D eigenvalue weighted by atomic mass is 16.7. The van der Waals surface area contributed by atoms with E-state index < -0.39 is 0 Å². The van der Waals surface area contributed by atoms with E-state index in [2.05, 4.69) is 0 Å². The van der Waals surface area contributed by atoms with Gasteiger partial charge in [0.05, 0.1) is 0 Å².